The molecule has 0 bridgehead atoms. The molecule has 0 spiro atoms. The third-order valence-corrected chi connectivity index (χ3v) is 6.27. The fourth-order valence-electron chi connectivity index (χ4n) is 3.43. The number of halogens is 4. The van der Waals surface area contributed by atoms with Crippen molar-refractivity contribution in [2.75, 3.05) is 17.6 Å². The van der Waals surface area contributed by atoms with Gasteiger partial charge in [-0.05, 0) is 30.2 Å². The molecule has 0 atom stereocenters. The van der Waals surface area contributed by atoms with Crippen molar-refractivity contribution in [3.05, 3.63) is 68.1 Å². The summed E-state index contributed by atoms with van der Waals surface area (Å²) in [6.45, 7) is 2.05. The SMILES string of the molecule is Nc1ncc(CN2CCc3c(C(=O)Nc4ccc(Cl)c(C(F)(F)F)c4)csc3C2)cn1. The highest BCUT2D eigenvalue weighted by atomic mass is 35.5. The second-order valence-corrected chi connectivity index (χ2v) is 8.48. The number of alkyl halides is 3. The van der Waals surface area contributed by atoms with Gasteiger partial charge < -0.3 is 11.1 Å². The number of nitrogen functional groups attached to an aromatic ring is 1. The number of carbonyl (C=O) groups excluding carboxylic acids is 1. The molecule has 4 rings (SSSR count). The highest BCUT2D eigenvalue weighted by Crippen LogP contribution is 2.36. The maximum absolute atomic E-state index is 13.1. The smallest absolute Gasteiger partial charge is 0.368 e. The largest absolute Gasteiger partial charge is 0.417 e. The van der Waals surface area contributed by atoms with Gasteiger partial charge in [-0.25, -0.2) is 9.97 Å². The Morgan fingerprint density at radius 3 is 2.74 bits per heavy atom. The molecule has 0 saturated carbocycles. The van der Waals surface area contributed by atoms with Gasteiger partial charge in [0.1, 0.15) is 0 Å². The van der Waals surface area contributed by atoms with Crippen LogP contribution in [0.5, 0.6) is 0 Å². The summed E-state index contributed by atoms with van der Waals surface area (Å²) >= 11 is 7.10. The number of nitrogens with zero attached hydrogens (tertiary/aromatic N) is 3. The van der Waals surface area contributed by atoms with Gasteiger partial charge in [-0.3, -0.25) is 9.69 Å². The van der Waals surface area contributed by atoms with Crippen molar-refractivity contribution < 1.29 is 18.0 Å². The number of aromatic nitrogens is 2. The molecule has 11 heteroatoms. The summed E-state index contributed by atoms with van der Waals surface area (Å²) in [5.74, 6) is -0.213. The summed E-state index contributed by atoms with van der Waals surface area (Å²) in [6, 6.07) is 3.32. The number of amides is 1. The molecule has 3 heterocycles. The number of hydrogen-bond donors (Lipinski definition) is 2. The molecule has 0 unspecified atom stereocenters. The zero-order valence-corrected chi connectivity index (χ0v) is 17.6. The minimum Gasteiger partial charge on any atom is -0.368 e. The average Bonchev–Trinajstić information content (AvgIpc) is 3.14. The summed E-state index contributed by atoms with van der Waals surface area (Å²) in [5.41, 5.74) is 6.92. The number of nitrogens with two attached hydrogens (primary N) is 1. The van der Waals surface area contributed by atoms with Gasteiger partial charge >= 0.3 is 6.18 Å². The van der Waals surface area contributed by atoms with Crippen molar-refractivity contribution in [1.29, 1.82) is 0 Å². The lowest BCUT2D eigenvalue weighted by molar-refractivity contribution is -0.137. The fourth-order valence-corrected chi connectivity index (χ4v) is 4.78. The molecule has 1 aromatic carbocycles. The van der Waals surface area contributed by atoms with Crippen LogP contribution < -0.4 is 11.1 Å². The highest BCUT2D eigenvalue weighted by molar-refractivity contribution is 7.10. The summed E-state index contributed by atoms with van der Waals surface area (Å²) in [4.78, 5) is 24.0. The Morgan fingerprint density at radius 1 is 1.29 bits per heavy atom. The van der Waals surface area contributed by atoms with Crippen LogP contribution in [0.3, 0.4) is 0 Å². The quantitative estimate of drug-likeness (QED) is 0.585. The van der Waals surface area contributed by atoms with Gasteiger partial charge in [0.2, 0.25) is 5.95 Å². The lowest BCUT2D eigenvalue weighted by atomic mass is 10.0. The van der Waals surface area contributed by atoms with Gasteiger partial charge in [-0.15, -0.1) is 11.3 Å². The molecular formula is C20H17ClF3N5OS. The molecule has 6 nitrogen and oxygen atoms in total. The normalized spacial score (nSPS) is 14.3. The predicted molar refractivity (Wildman–Crippen MR) is 113 cm³/mol. The maximum atomic E-state index is 13.1. The van der Waals surface area contributed by atoms with Gasteiger partial charge in [-0.1, -0.05) is 11.6 Å². The van der Waals surface area contributed by atoms with Gasteiger partial charge in [0, 0.05) is 53.5 Å². The van der Waals surface area contributed by atoms with Gasteiger partial charge in [-0.2, -0.15) is 13.2 Å². The first-order chi connectivity index (χ1) is 14.7. The summed E-state index contributed by atoms with van der Waals surface area (Å²) < 4.78 is 39.2. The van der Waals surface area contributed by atoms with E-state index in [9.17, 15) is 18.0 Å². The number of thiophene rings is 1. The molecular weight excluding hydrogens is 451 g/mol. The molecule has 3 aromatic rings. The molecule has 0 saturated heterocycles. The Bertz CT molecular complexity index is 1120. The molecule has 1 aliphatic heterocycles. The maximum Gasteiger partial charge on any atom is 0.417 e. The fraction of sp³-hybridized carbons (Fsp3) is 0.250. The molecule has 31 heavy (non-hydrogen) atoms. The van der Waals surface area contributed by atoms with Crippen LogP contribution in [0.2, 0.25) is 5.02 Å². The van der Waals surface area contributed by atoms with Crippen molar-refractivity contribution in [2.24, 2.45) is 0 Å². The number of hydrogen-bond acceptors (Lipinski definition) is 6. The van der Waals surface area contributed by atoms with Crippen molar-refractivity contribution in [3.8, 4) is 0 Å². The van der Waals surface area contributed by atoms with Crippen LogP contribution in [-0.4, -0.2) is 27.3 Å². The molecule has 0 radical (unpaired) electrons. The number of carbonyl (C=O) groups is 1. The van der Waals surface area contributed by atoms with E-state index in [0.29, 0.717) is 25.1 Å². The Morgan fingerprint density at radius 2 is 2.03 bits per heavy atom. The summed E-state index contributed by atoms with van der Waals surface area (Å²) in [6.07, 6.45) is -0.566. The monoisotopic (exact) mass is 467 g/mol. The Kier molecular flexibility index (Phi) is 5.87. The van der Waals surface area contributed by atoms with Crippen LogP contribution in [0, 0.1) is 0 Å². The lowest BCUT2D eigenvalue weighted by Crippen LogP contribution is -2.30. The van der Waals surface area contributed by atoms with Crippen LogP contribution >= 0.6 is 22.9 Å². The van der Waals surface area contributed by atoms with E-state index in [1.165, 1.54) is 17.4 Å². The standard InChI is InChI=1S/C20H17ClF3N5OS/c21-16-2-1-12(5-15(16)20(22,23)24)28-18(30)14-10-31-17-9-29(4-3-13(14)17)8-11-6-26-19(25)27-7-11/h1-2,5-7,10H,3-4,8-9H2,(H,28,30)(H2,25,26,27). The van der Waals surface area contributed by atoms with E-state index in [0.717, 1.165) is 34.7 Å². The van der Waals surface area contributed by atoms with Gasteiger partial charge in [0.05, 0.1) is 16.1 Å². The molecule has 0 fully saturated rings. The Balaban J connectivity index is 1.46. The summed E-state index contributed by atoms with van der Waals surface area (Å²) in [7, 11) is 0. The zero-order chi connectivity index (χ0) is 22.2. The van der Waals surface area contributed by atoms with Gasteiger partial charge in [0.25, 0.3) is 5.91 Å². The first-order valence-corrected chi connectivity index (χ1v) is 10.5. The van der Waals surface area contributed by atoms with Crippen molar-refractivity contribution in [1.82, 2.24) is 14.9 Å². The van der Waals surface area contributed by atoms with E-state index < -0.39 is 22.7 Å². The minimum absolute atomic E-state index is 0.0439. The molecule has 1 amide bonds. The van der Waals surface area contributed by atoms with E-state index in [-0.39, 0.29) is 11.6 Å². The minimum atomic E-state index is -4.60. The predicted octanol–water partition coefficient (Wildman–Crippen LogP) is 4.60. The van der Waals surface area contributed by atoms with E-state index in [1.54, 1.807) is 17.8 Å². The first kappa shape index (κ1) is 21.5. The Labute approximate surface area is 184 Å². The third-order valence-electron chi connectivity index (χ3n) is 4.93. The average molecular weight is 468 g/mol. The van der Waals surface area contributed by atoms with Gasteiger partial charge in [0.15, 0.2) is 0 Å². The molecule has 162 valence electrons. The molecule has 3 N–H and O–H groups in total. The van der Waals surface area contributed by atoms with Crippen molar-refractivity contribution in [2.45, 2.75) is 25.7 Å². The number of rotatable bonds is 4. The topological polar surface area (TPSA) is 84.1 Å². The number of fused-ring (bicyclic) bond motifs is 1. The summed E-state index contributed by atoms with van der Waals surface area (Å²) in [5, 5.41) is 3.89. The van der Waals surface area contributed by atoms with Crippen LogP contribution in [0.25, 0.3) is 0 Å². The van der Waals surface area contributed by atoms with E-state index >= 15 is 0 Å². The van der Waals surface area contributed by atoms with E-state index in [2.05, 4.69) is 20.2 Å². The number of nitrogens with one attached hydrogen (secondary N) is 1. The first-order valence-electron chi connectivity index (χ1n) is 9.27. The molecule has 1 aliphatic rings. The number of benzene rings is 1. The van der Waals surface area contributed by atoms with Crippen LogP contribution in [0.4, 0.5) is 24.8 Å². The molecule has 2 aromatic heterocycles. The second-order valence-electron chi connectivity index (χ2n) is 7.11. The van der Waals surface area contributed by atoms with E-state index in [1.807, 2.05) is 0 Å². The zero-order valence-electron chi connectivity index (χ0n) is 16.0. The number of anilines is 2. The van der Waals surface area contributed by atoms with Crippen LogP contribution in [0.1, 0.15) is 31.9 Å². The van der Waals surface area contributed by atoms with Crippen molar-refractivity contribution >= 4 is 40.5 Å². The molecule has 0 aliphatic carbocycles. The second kappa shape index (κ2) is 8.45. The third kappa shape index (κ3) is 4.81. The lowest BCUT2D eigenvalue weighted by Gasteiger charge is -2.27. The van der Waals surface area contributed by atoms with Crippen LogP contribution in [-0.2, 0) is 25.7 Å². The van der Waals surface area contributed by atoms with Crippen molar-refractivity contribution in [3.63, 3.8) is 0 Å². The van der Waals surface area contributed by atoms with Crippen LogP contribution in [0.15, 0.2) is 36.0 Å². The Hall–Kier alpha value is -2.69. The highest BCUT2D eigenvalue weighted by Gasteiger charge is 2.33. The van der Waals surface area contributed by atoms with E-state index in [4.69, 9.17) is 17.3 Å².